The molecule has 9 heteroatoms. The van der Waals surface area contributed by atoms with Crippen molar-refractivity contribution in [2.24, 2.45) is 10.7 Å². The number of hydrogen-bond donors (Lipinski definition) is 2. The Hall–Kier alpha value is -1.33. The van der Waals surface area contributed by atoms with E-state index in [2.05, 4.69) is 38.3 Å². The zero-order valence-corrected chi connectivity index (χ0v) is 20.0. The molecular weight excluding hydrogens is 543 g/mol. The van der Waals surface area contributed by atoms with Crippen LogP contribution in [0, 0.1) is 0 Å². The molecule has 2 aromatic rings. The third-order valence-corrected chi connectivity index (χ3v) is 5.02. The number of aliphatic imine (C=N–C) groups is 1. The van der Waals surface area contributed by atoms with Crippen molar-refractivity contribution >= 4 is 63.1 Å². The Labute approximate surface area is 189 Å². The first-order valence-electron chi connectivity index (χ1n) is 8.21. The Morgan fingerprint density at radius 3 is 2.78 bits per heavy atom. The Kier molecular flexibility index (Phi) is 10.7. The number of benzene rings is 1. The molecule has 6 nitrogen and oxygen atoms in total. The van der Waals surface area contributed by atoms with Crippen molar-refractivity contribution in [1.29, 1.82) is 0 Å². The molecule has 27 heavy (non-hydrogen) atoms. The lowest BCUT2D eigenvalue weighted by molar-refractivity contribution is -0.119. The fourth-order valence-corrected chi connectivity index (χ4v) is 3.81. The fourth-order valence-electron chi connectivity index (χ4n) is 2.27. The summed E-state index contributed by atoms with van der Waals surface area (Å²) in [5.41, 5.74) is 6.10. The minimum atomic E-state index is -0.496. The number of guanidine groups is 1. The van der Waals surface area contributed by atoms with E-state index in [1.165, 1.54) is 4.88 Å². The van der Waals surface area contributed by atoms with E-state index in [9.17, 15) is 4.79 Å². The summed E-state index contributed by atoms with van der Waals surface area (Å²) < 4.78 is 6.46. The van der Waals surface area contributed by atoms with E-state index >= 15 is 0 Å². The lowest BCUT2D eigenvalue weighted by Gasteiger charge is -2.21. The SMILES string of the molecule is CCNC(=NCc1cccc(OCC(N)=O)c1)N(C)Cc1ccc(Br)s1.I. The lowest BCUT2D eigenvalue weighted by atomic mass is 10.2. The minimum Gasteiger partial charge on any atom is -0.484 e. The van der Waals surface area contributed by atoms with Gasteiger partial charge in [0.05, 0.1) is 16.9 Å². The summed E-state index contributed by atoms with van der Waals surface area (Å²) in [6.45, 7) is 4.00. The third kappa shape index (κ3) is 8.48. The first kappa shape index (κ1) is 23.7. The largest absolute Gasteiger partial charge is 0.484 e. The fraction of sp³-hybridized carbons (Fsp3) is 0.333. The van der Waals surface area contributed by atoms with E-state index < -0.39 is 5.91 Å². The second-order valence-corrected chi connectivity index (χ2v) is 8.18. The normalized spacial score (nSPS) is 10.9. The number of thiophene rings is 1. The molecule has 1 heterocycles. The number of nitrogens with one attached hydrogen (secondary N) is 1. The van der Waals surface area contributed by atoms with Gasteiger partial charge in [-0.1, -0.05) is 12.1 Å². The van der Waals surface area contributed by atoms with E-state index in [4.69, 9.17) is 15.5 Å². The summed E-state index contributed by atoms with van der Waals surface area (Å²) in [7, 11) is 2.02. The Morgan fingerprint density at radius 1 is 1.37 bits per heavy atom. The van der Waals surface area contributed by atoms with Crippen LogP contribution in [0.15, 0.2) is 45.2 Å². The topological polar surface area (TPSA) is 80.0 Å². The van der Waals surface area contributed by atoms with Crippen molar-refractivity contribution in [1.82, 2.24) is 10.2 Å². The average molecular weight is 567 g/mol. The molecule has 0 radical (unpaired) electrons. The molecule has 0 unspecified atom stereocenters. The molecule has 0 bridgehead atoms. The van der Waals surface area contributed by atoms with E-state index in [-0.39, 0.29) is 30.6 Å². The molecule has 3 N–H and O–H groups in total. The van der Waals surface area contributed by atoms with Gasteiger partial charge in [0.2, 0.25) is 0 Å². The van der Waals surface area contributed by atoms with E-state index in [0.29, 0.717) is 12.3 Å². The van der Waals surface area contributed by atoms with Crippen LogP contribution >= 0.6 is 51.2 Å². The molecule has 0 aliphatic carbocycles. The monoisotopic (exact) mass is 566 g/mol. The summed E-state index contributed by atoms with van der Waals surface area (Å²) in [6, 6.07) is 11.7. The van der Waals surface area contributed by atoms with E-state index in [1.54, 1.807) is 17.4 Å². The number of carbonyl (C=O) groups is 1. The average Bonchev–Trinajstić information content (AvgIpc) is 3.01. The Bertz CT molecular complexity index is 769. The highest BCUT2D eigenvalue weighted by Gasteiger charge is 2.08. The molecular formula is C18H24BrIN4O2S. The van der Waals surface area contributed by atoms with Crippen molar-refractivity contribution < 1.29 is 9.53 Å². The number of halogens is 2. The molecule has 0 fully saturated rings. The van der Waals surface area contributed by atoms with Crippen LogP contribution in [0.4, 0.5) is 0 Å². The molecule has 1 aromatic heterocycles. The predicted octanol–water partition coefficient (Wildman–Crippen LogP) is 3.59. The molecule has 1 aromatic carbocycles. The highest BCUT2D eigenvalue weighted by Crippen LogP contribution is 2.23. The van der Waals surface area contributed by atoms with Gasteiger partial charge >= 0.3 is 0 Å². The number of nitrogens with two attached hydrogens (primary N) is 1. The predicted molar refractivity (Wildman–Crippen MR) is 125 cm³/mol. The Balaban J connectivity index is 0.00000364. The number of rotatable bonds is 8. The summed E-state index contributed by atoms with van der Waals surface area (Å²) in [4.78, 5) is 18.9. The third-order valence-electron chi connectivity index (χ3n) is 3.41. The molecule has 0 aliphatic rings. The van der Waals surface area contributed by atoms with Crippen LogP contribution in [-0.2, 0) is 17.9 Å². The summed E-state index contributed by atoms with van der Waals surface area (Å²) >= 11 is 5.21. The summed E-state index contributed by atoms with van der Waals surface area (Å²) in [6.07, 6.45) is 0. The van der Waals surface area contributed by atoms with Gasteiger partial charge in [0.1, 0.15) is 5.75 Å². The van der Waals surface area contributed by atoms with Gasteiger partial charge in [0.25, 0.3) is 5.91 Å². The quantitative estimate of drug-likeness (QED) is 0.291. The molecule has 0 saturated heterocycles. The summed E-state index contributed by atoms with van der Waals surface area (Å²) in [5, 5.41) is 3.31. The maximum Gasteiger partial charge on any atom is 0.255 e. The molecule has 148 valence electrons. The Morgan fingerprint density at radius 2 is 2.15 bits per heavy atom. The molecule has 1 amide bonds. The van der Waals surface area contributed by atoms with Crippen LogP contribution in [0.5, 0.6) is 5.75 Å². The van der Waals surface area contributed by atoms with Gasteiger partial charge in [0.15, 0.2) is 12.6 Å². The van der Waals surface area contributed by atoms with Crippen LogP contribution in [-0.4, -0.2) is 37.0 Å². The van der Waals surface area contributed by atoms with Crippen LogP contribution in [0.3, 0.4) is 0 Å². The van der Waals surface area contributed by atoms with Gasteiger partial charge in [-0.3, -0.25) is 4.79 Å². The van der Waals surface area contributed by atoms with Crippen molar-refractivity contribution in [2.75, 3.05) is 20.2 Å². The molecule has 0 atom stereocenters. The van der Waals surface area contributed by atoms with Crippen molar-refractivity contribution in [3.05, 3.63) is 50.6 Å². The van der Waals surface area contributed by atoms with Gasteiger partial charge < -0.3 is 20.7 Å². The maximum absolute atomic E-state index is 10.8. The zero-order valence-electron chi connectivity index (χ0n) is 15.3. The summed E-state index contributed by atoms with van der Waals surface area (Å²) in [5.74, 6) is 0.948. The van der Waals surface area contributed by atoms with Crippen LogP contribution < -0.4 is 15.8 Å². The second-order valence-electron chi connectivity index (χ2n) is 5.63. The smallest absolute Gasteiger partial charge is 0.255 e. The van der Waals surface area contributed by atoms with Crippen LogP contribution in [0.2, 0.25) is 0 Å². The van der Waals surface area contributed by atoms with Crippen LogP contribution in [0.1, 0.15) is 17.4 Å². The van der Waals surface area contributed by atoms with E-state index in [1.807, 2.05) is 32.2 Å². The van der Waals surface area contributed by atoms with Gasteiger partial charge in [-0.25, -0.2) is 4.99 Å². The van der Waals surface area contributed by atoms with Crippen molar-refractivity contribution in [3.63, 3.8) is 0 Å². The van der Waals surface area contributed by atoms with E-state index in [0.717, 1.165) is 28.4 Å². The van der Waals surface area contributed by atoms with Crippen LogP contribution in [0.25, 0.3) is 0 Å². The van der Waals surface area contributed by atoms with Gasteiger partial charge in [0, 0.05) is 18.5 Å². The van der Waals surface area contributed by atoms with Gasteiger partial charge in [-0.2, -0.15) is 0 Å². The second kappa shape index (κ2) is 12.2. The van der Waals surface area contributed by atoms with Crippen molar-refractivity contribution in [3.8, 4) is 5.75 Å². The number of amides is 1. The first-order chi connectivity index (χ1) is 12.5. The maximum atomic E-state index is 10.8. The molecule has 2 rings (SSSR count). The number of ether oxygens (including phenoxy) is 1. The standard InChI is InChI=1S/C18H23BrN4O2S.HI/c1-3-21-18(23(2)11-15-7-8-16(19)26-15)22-10-13-5-4-6-14(9-13)25-12-17(20)24;/h4-9H,3,10-12H2,1-2H3,(H2,20,24)(H,21,22);1H. The zero-order chi connectivity index (χ0) is 18.9. The number of hydrogen-bond acceptors (Lipinski definition) is 4. The van der Waals surface area contributed by atoms with Gasteiger partial charge in [-0.05, 0) is 52.7 Å². The number of carbonyl (C=O) groups excluding carboxylic acids is 1. The highest BCUT2D eigenvalue weighted by molar-refractivity contribution is 14.0. The molecule has 0 spiro atoms. The minimum absolute atomic E-state index is 0. The molecule has 0 saturated carbocycles. The number of primary amides is 1. The van der Waals surface area contributed by atoms with Gasteiger partial charge in [-0.15, -0.1) is 35.3 Å². The number of nitrogens with zero attached hydrogens (tertiary/aromatic N) is 2. The van der Waals surface area contributed by atoms with Crippen molar-refractivity contribution in [2.45, 2.75) is 20.0 Å². The molecule has 0 aliphatic heterocycles. The first-order valence-corrected chi connectivity index (χ1v) is 9.82. The lowest BCUT2D eigenvalue weighted by Crippen LogP contribution is -2.38. The highest BCUT2D eigenvalue weighted by atomic mass is 127.